The fourth-order valence-corrected chi connectivity index (χ4v) is 1.80. The molecule has 0 heterocycles. The van der Waals surface area contributed by atoms with E-state index in [1.165, 1.54) is 11.9 Å². The lowest BCUT2D eigenvalue weighted by molar-refractivity contribution is -0.142. The second-order valence-electron chi connectivity index (χ2n) is 3.76. The number of nitrogens with zero attached hydrogens (tertiary/aromatic N) is 1. The zero-order valence-electron chi connectivity index (χ0n) is 9.39. The lowest BCUT2D eigenvalue weighted by atomic mass is 10.3. The highest BCUT2D eigenvalue weighted by Gasteiger charge is 2.28. The number of hydrogen-bond donors (Lipinski definition) is 1. The van der Waals surface area contributed by atoms with E-state index in [2.05, 4.69) is 21.2 Å². The number of hydrogen-bond acceptors (Lipinski definition) is 2. The van der Waals surface area contributed by atoms with Gasteiger partial charge in [-0.2, -0.15) is 13.2 Å². The van der Waals surface area contributed by atoms with Crippen molar-refractivity contribution in [1.82, 2.24) is 4.90 Å². The van der Waals surface area contributed by atoms with Gasteiger partial charge < -0.3 is 5.32 Å². The quantitative estimate of drug-likeness (QED) is 0.897. The summed E-state index contributed by atoms with van der Waals surface area (Å²) in [7, 11) is 1.45. The Morgan fingerprint density at radius 3 is 2.53 bits per heavy atom. The maximum absolute atomic E-state index is 12.1. The van der Waals surface area contributed by atoms with E-state index in [9.17, 15) is 13.2 Å². The molecule has 96 valence electrons. The Bertz CT molecular complexity index is 355. The first-order valence-electron chi connectivity index (χ1n) is 5.12. The van der Waals surface area contributed by atoms with Crippen LogP contribution in [0.2, 0.25) is 0 Å². The van der Waals surface area contributed by atoms with E-state index in [1.807, 2.05) is 24.3 Å². The van der Waals surface area contributed by atoms with Gasteiger partial charge in [-0.1, -0.05) is 12.1 Å². The van der Waals surface area contributed by atoms with E-state index in [4.69, 9.17) is 0 Å². The number of benzene rings is 1. The summed E-state index contributed by atoms with van der Waals surface area (Å²) in [6.45, 7) is -0.0827. The van der Waals surface area contributed by atoms with Gasteiger partial charge in [0.25, 0.3) is 0 Å². The van der Waals surface area contributed by atoms with E-state index in [-0.39, 0.29) is 0 Å². The molecule has 0 unspecified atom stereocenters. The van der Waals surface area contributed by atoms with Crippen LogP contribution in [0.3, 0.4) is 0 Å². The zero-order chi connectivity index (χ0) is 12.9. The molecule has 0 radical (unpaired) electrons. The van der Waals surface area contributed by atoms with Crippen LogP contribution in [-0.4, -0.2) is 37.8 Å². The Hall–Kier alpha value is -0.750. The second kappa shape index (κ2) is 6.26. The molecule has 0 amide bonds. The van der Waals surface area contributed by atoms with E-state index in [0.29, 0.717) is 13.1 Å². The minimum Gasteiger partial charge on any atom is -0.383 e. The van der Waals surface area contributed by atoms with Gasteiger partial charge in [0.15, 0.2) is 0 Å². The average molecular weight is 311 g/mol. The van der Waals surface area contributed by atoms with Crippen molar-refractivity contribution in [2.45, 2.75) is 6.18 Å². The minimum atomic E-state index is -4.14. The fourth-order valence-electron chi connectivity index (χ4n) is 1.37. The molecule has 0 atom stereocenters. The molecule has 0 saturated heterocycles. The van der Waals surface area contributed by atoms with Gasteiger partial charge in [0.05, 0.1) is 6.54 Å². The summed E-state index contributed by atoms with van der Waals surface area (Å²) < 4.78 is 37.1. The number of para-hydroxylation sites is 1. The molecule has 0 saturated carbocycles. The number of alkyl halides is 3. The Labute approximate surface area is 107 Å². The first kappa shape index (κ1) is 14.3. The summed E-state index contributed by atoms with van der Waals surface area (Å²) in [5.41, 5.74) is 0.882. The van der Waals surface area contributed by atoms with Gasteiger partial charge in [-0.05, 0) is 35.1 Å². The monoisotopic (exact) mass is 310 g/mol. The van der Waals surface area contributed by atoms with Gasteiger partial charge in [0.2, 0.25) is 0 Å². The van der Waals surface area contributed by atoms with Gasteiger partial charge in [0.1, 0.15) is 0 Å². The van der Waals surface area contributed by atoms with Crippen molar-refractivity contribution in [3.63, 3.8) is 0 Å². The normalized spacial score (nSPS) is 11.9. The lowest BCUT2D eigenvalue weighted by Crippen LogP contribution is -2.34. The molecule has 0 aliphatic heterocycles. The molecule has 0 aliphatic rings. The third-order valence-electron chi connectivity index (χ3n) is 2.13. The van der Waals surface area contributed by atoms with E-state index in [1.54, 1.807) is 0 Å². The fraction of sp³-hybridized carbons (Fsp3) is 0.455. The van der Waals surface area contributed by atoms with Crippen molar-refractivity contribution >= 4 is 21.6 Å². The summed E-state index contributed by atoms with van der Waals surface area (Å²) in [6, 6.07) is 7.49. The number of likely N-dealkylation sites (N-methyl/N-ethyl adjacent to an activating group) is 1. The zero-order valence-corrected chi connectivity index (χ0v) is 11.0. The summed E-state index contributed by atoms with van der Waals surface area (Å²) in [5, 5.41) is 3.07. The highest BCUT2D eigenvalue weighted by atomic mass is 79.9. The van der Waals surface area contributed by atoms with Crippen molar-refractivity contribution in [2.24, 2.45) is 0 Å². The van der Waals surface area contributed by atoms with Gasteiger partial charge in [-0.25, -0.2) is 0 Å². The van der Waals surface area contributed by atoms with Crippen LogP contribution in [0, 0.1) is 0 Å². The van der Waals surface area contributed by atoms with Crippen LogP contribution >= 0.6 is 15.9 Å². The van der Waals surface area contributed by atoms with Crippen molar-refractivity contribution in [2.75, 3.05) is 32.0 Å². The van der Waals surface area contributed by atoms with Crippen LogP contribution in [0.1, 0.15) is 0 Å². The molecule has 17 heavy (non-hydrogen) atoms. The predicted molar refractivity (Wildman–Crippen MR) is 66.2 cm³/mol. The molecule has 0 aromatic heterocycles. The van der Waals surface area contributed by atoms with E-state index in [0.717, 1.165) is 10.2 Å². The largest absolute Gasteiger partial charge is 0.401 e. The first-order chi connectivity index (χ1) is 7.88. The summed E-state index contributed by atoms with van der Waals surface area (Å²) >= 11 is 3.36. The van der Waals surface area contributed by atoms with E-state index >= 15 is 0 Å². The maximum Gasteiger partial charge on any atom is 0.401 e. The highest BCUT2D eigenvalue weighted by Crippen LogP contribution is 2.21. The highest BCUT2D eigenvalue weighted by molar-refractivity contribution is 9.10. The number of anilines is 1. The predicted octanol–water partition coefficient (Wildman–Crippen LogP) is 3.36. The molecule has 6 heteroatoms. The van der Waals surface area contributed by atoms with Crippen molar-refractivity contribution in [3.05, 3.63) is 28.7 Å². The summed E-state index contributed by atoms with van der Waals surface area (Å²) in [5.74, 6) is 0. The van der Waals surface area contributed by atoms with Gasteiger partial charge in [0, 0.05) is 23.2 Å². The lowest BCUT2D eigenvalue weighted by Gasteiger charge is -2.19. The Balaban J connectivity index is 2.31. The molecule has 1 aromatic rings. The molecule has 2 nitrogen and oxygen atoms in total. The van der Waals surface area contributed by atoms with E-state index < -0.39 is 12.7 Å². The number of halogens is 4. The Kier molecular flexibility index (Phi) is 5.27. The second-order valence-corrected chi connectivity index (χ2v) is 4.61. The van der Waals surface area contributed by atoms with Crippen molar-refractivity contribution in [1.29, 1.82) is 0 Å². The molecule has 1 rings (SSSR count). The number of rotatable bonds is 5. The van der Waals surface area contributed by atoms with Crippen molar-refractivity contribution < 1.29 is 13.2 Å². The third-order valence-corrected chi connectivity index (χ3v) is 2.82. The van der Waals surface area contributed by atoms with Gasteiger partial charge >= 0.3 is 6.18 Å². The van der Waals surface area contributed by atoms with Crippen LogP contribution in [-0.2, 0) is 0 Å². The molecule has 0 spiro atoms. The van der Waals surface area contributed by atoms with Crippen LogP contribution in [0.25, 0.3) is 0 Å². The van der Waals surface area contributed by atoms with Crippen LogP contribution in [0.5, 0.6) is 0 Å². The molecule has 0 bridgehead atoms. The Morgan fingerprint density at radius 1 is 1.29 bits per heavy atom. The maximum atomic E-state index is 12.1. The molecule has 1 N–H and O–H groups in total. The summed E-state index contributed by atoms with van der Waals surface area (Å²) in [6.07, 6.45) is -4.14. The van der Waals surface area contributed by atoms with Crippen molar-refractivity contribution in [3.8, 4) is 0 Å². The van der Waals surface area contributed by atoms with Gasteiger partial charge in [-0.3, -0.25) is 4.90 Å². The topological polar surface area (TPSA) is 15.3 Å². The average Bonchev–Trinajstić information content (AvgIpc) is 2.18. The molecular formula is C11H14BrF3N2. The molecule has 0 fully saturated rings. The minimum absolute atomic E-state index is 0.334. The first-order valence-corrected chi connectivity index (χ1v) is 5.91. The van der Waals surface area contributed by atoms with Crippen LogP contribution in [0.4, 0.5) is 18.9 Å². The van der Waals surface area contributed by atoms with Gasteiger partial charge in [-0.15, -0.1) is 0 Å². The molecule has 0 aliphatic carbocycles. The Morgan fingerprint density at radius 2 is 1.94 bits per heavy atom. The summed E-state index contributed by atoms with van der Waals surface area (Å²) in [4.78, 5) is 1.24. The third kappa shape index (κ3) is 5.93. The molecule has 1 aromatic carbocycles. The van der Waals surface area contributed by atoms with Crippen LogP contribution in [0.15, 0.2) is 28.7 Å². The number of nitrogens with one attached hydrogen (secondary N) is 1. The smallest absolute Gasteiger partial charge is 0.383 e. The SMILES string of the molecule is CN(CCNc1ccccc1Br)CC(F)(F)F. The standard InChI is InChI=1S/C11H14BrF3N2/c1-17(8-11(13,14)15)7-6-16-10-5-3-2-4-9(10)12/h2-5,16H,6-8H2,1H3. The van der Waals surface area contributed by atoms with Crippen LogP contribution < -0.4 is 5.32 Å². The molecular weight excluding hydrogens is 297 g/mol.